The third kappa shape index (κ3) is 3.88. The van der Waals surface area contributed by atoms with E-state index in [-0.39, 0.29) is 5.91 Å². The van der Waals surface area contributed by atoms with E-state index >= 15 is 0 Å². The molecule has 1 aromatic carbocycles. The molecule has 2 saturated heterocycles. The molecule has 6 rings (SSSR count). The minimum Gasteiger partial charge on any atom is -0.378 e. The van der Waals surface area contributed by atoms with E-state index in [2.05, 4.69) is 32.7 Å². The van der Waals surface area contributed by atoms with Crippen LogP contribution in [-0.2, 0) is 4.74 Å². The molecule has 0 unspecified atom stereocenters. The molecular formula is C26H31N5O2. The average Bonchev–Trinajstić information content (AvgIpc) is 3.22. The number of fused-ring (bicyclic) bond motifs is 1. The van der Waals surface area contributed by atoms with Gasteiger partial charge in [0.1, 0.15) is 11.3 Å². The van der Waals surface area contributed by atoms with E-state index in [0.717, 1.165) is 74.6 Å². The number of likely N-dealkylation sites (tertiary alicyclic amines) is 1. The van der Waals surface area contributed by atoms with E-state index in [9.17, 15) is 4.79 Å². The Hall–Kier alpha value is -2.93. The van der Waals surface area contributed by atoms with Gasteiger partial charge in [-0.15, -0.1) is 0 Å². The van der Waals surface area contributed by atoms with E-state index in [0.29, 0.717) is 12.0 Å². The highest BCUT2D eigenvalue weighted by Crippen LogP contribution is 2.39. The number of imidazole rings is 1. The van der Waals surface area contributed by atoms with Crippen molar-refractivity contribution < 1.29 is 9.53 Å². The van der Waals surface area contributed by atoms with Crippen LogP contribution in [0, 0.1) is 0 Å². The van der Waals surface area contributed by atoms with Crippen LogP contribution < -0.4 is 4.90 Å². The number of carbonyl (C=O) groups excluding carboxylic acids is 1. The van der Waals surface area contributed by atoms with Gasteiger partial charge in [0, 0.05) is 55.6 Å². The number of ether oxygens (including phenoxy) is 1. The molecule has 0 atom stereocenters. The van der Waals surface area contributed by atoms with Crippen molar-refractivity contribution >= 4 is 22.8 Å². The van der Waals surface area contributed by atoms with Gasteiger partial charge >= 0.3 is 0 Å². The fraction of sp³-hybridized carbons (Fsp3) is 0.500. The number of hydrogen-bond acceptors (Lipinski definition) is 5. The van der Waals surface area contributed by atoms with Crippen LogP contribution in [0.1, 0.15) is 60.2 Å². The third-order valence-corrected chi connectivity index (χ3v) is 7.55. The summed E-state index contributed by atoms with van der Waals surface area (Å²) < 4.78 is 7.84. The smallest absolute Gasteiger partial charge is 0.253 e. The monoisotopic (exact) mass is 445 g/mol. The van der Waals surface area contributed by atoms with Gasteiger partial charge < -0.3 is 19.1 Å². The van der Waals surface area contributed by atoms with Crippen LogP contribution in [-0.4, -0.2) is 64.7 Å². The molecule has 33 heavy (non-hydrogen) atoms. The fourth-order valence-corrected chi connectivity index (χ4v) is 5.41. The zero-order valence-electron chi connectivity index (χ0n) is 19.0. The van der Waals surface area contributed by atoms with Gasteiger partial charge in [-0.3, -0.25) is 4.79 Å². The number of rotatable bonds is 4. The Morgan fingerprint density at radius 1 is 0.939 bits per heavy atom. The molecule has 1 aliphatic carbocycles. The molecule has 2 aliphatic heterocycles. The molecule has 3 aliphatic rings. The van der Waals surface area contributed by atoms with Crippen LogP contribution in [0.25, 0.3) is 11.2 Å². The maximum absolute atomic E-state index is 13.2. The Kier molecular flexibility index (Phi) is 5.50. The lowest BCUT2D eigenvalue weighted by Gasteiger charge is -2.35. The fourth-order valence-electron chi connectivity index (χ4n) is 5.41. The van der Waals surface area contributed by atoms with E-state index < -0.39 is 0 Å². The Bertz CT molecular complexity index is 1120. The molecule has 7 heteroatoms. The molecule has 0 radical (unpaired) electrons. The summed E-state index contributed by atoms with van der Waals surface area (Å²) in [4.78, 5) is 27.1. The maximum atomic E-state index is 13.2. The summed E-state index contributed by atoms with van der Waals surface area (Å²) in [7, 11) is 0. The van der Waals surface area contributed by atoms with Crippen molar-refractivity contribution in [1.29, 1.82) is 0 Å². The van der Waals surface area contributed by atoms with Gasteiger partial charge in [-0.05, 0) is 62.1 Å². The van der Waals surface area contributed by atoms with E-state index in [1.54, 1.807) is 0 Å². The minimum atomic E-state index is 0.134. The molecule has 172 valence electrons. The maximum Gasteiger partial charge on any atom is 0.253 e. The van der Waals surface area contributed by atoms with Crippen molar-refractivity contribution in [3.8, 4) is 0 Å². The number of carbonyl (C=O) groups is 1. The molecule has 7 nitrogen and oxygen atoms in total. The lowest BCUT2D eigenvalue weighted by Crippen LogP contribution is -2.39. The summed E-state index contributed by atoms with van der Waals surface area (Å²) in [6, 6.07) is 12.5. The second-order valence-corrected chi connectivity index (χ2v) is 9.48. The Balaban J connectivity index is 1.15. The molecule has 0 spiro atoms. The first-order valence-electron chi connectivity index (χ1n) is 12.3. The molecule has 1 amide bonds. The van der Waals surface area contributed by atoms with Crippen LogP contribution in [0.5, 0.6) is 0 Å². The summed E-state index contributed by atoms with van der Waals surface area (Å²) in [5.41, 5.74) is 3.94. The summed E-state index contributed by atoms with van der Waals surface area (Å²) in [5, 5.41) is 0. The normalized spacial score (nSPS) is 20.2. The number of benzene rings is 1. The summed E-state index contributed by atoms with van der Waals surface area (Å²) >= 11 is 0. The first-order chi connectivity index (χ1) is 16.3. The Labute approximate surface area is 194 Å². The van der Waals surface area contributed by atoms with Crippen molar-refractivity contribution in [2.75, 3.05) is 44.3 Å². The van der Waals surface area contributed by atoms with Gasteiger partial charge in [0.15, 0.2) is 5.65 Å². The predicted octanol–water partition coefficient (Wildman–Crippen LogP) is 4.01. The number of anilines is 1. The molecule has 0 N–H and O–H groups in total. The molecule has 0 bridgehead atoms. The van der Waals surface area contributed by atoms with Gasteiger partial charge in [-0.2, -0.15) is 0 Å². The average molecular weight is 446 g/mol. The Morgan fingerprint density at radius 2 is 1.70 bits per heavy atom. The molecule has 1 saturated carbocycles. The van der Waals surface area contributed by atoms with Crippen molar-refractivity contribution in [2.45, 2.75) is 44.1 Å². The van der Waals surface area contributed by atoms with Crippen LogP contribution in [0.15, 0.2) is 42.6 Å². The summed E-state index contributed by atoms with van der Waals surface area (Å²) in [6.45, 7) is 4.87. The van der Waals surface area contributed by atoms with Gasteiger partial charge in [0.25, 0.3) is 5.91 Å². The molecular weight excluding hydrogens is 414 g/mol. The number of piperidine rings is 1. The van der Waals surface area contributed by atoms with E-state index in [1.807, 2.05) is 29.3 Å². The first kappa shape index (κ1) is 20.7. The third-order valence-electron chi connectivity index (χ3n) is 7.55. The van der Waals surface area contributed by atoms with Gasteiger partial charge in [-0.1, -0.05) is 6.42 Å². The number of morpholine rings is 1. The van der Waals surface area contributed by atoms with Crippen LogP contribution in [0.2, 0.25) is 0 Å². The van der Waals surface area contributed by atoms with Gasteiger partial charge in [0.2, 0.25) is 0 Å². The molecule has 2 aromatic heterocycles. The largest absolute Gasteiger partial charge is 0.378 e. The zero-order chi connectivity index (χ0) is 22.2. The topological polar surface area (TPSA) is 63.5 Å². The molecule has 4 heterocycles. The highest BCUT2D eigenvalue weighted by molar-refractivity contribution is 5.94. The van der Waals surface area contributed by atoms with Gasteiger partial charge in [0.05, 0.1) is 13.2 Å². The van der Waals surface area contributed by atoms with E-state index in [1.165, 1.54) is 25.1 Å². The summed E-state index contributed by atoms with van der Waals surface area (Å²) in [5.74, 6) is 1.90. The lowest BCUT2D eigenvalue weighted by atomic mass is 9.84. The summed E-state index contributed by atoms with van der Waals surface area (Å²) in [6.07, 6.45) is 7.49. The van der Waals surface area contributed by atoms with Crippen molar-refractivity contribution in [1.82, 2.24) is 19.4 Å². The Morgan fingerprint density at radius 3 is 2.39 bits per heavy atom. The van der Waals surface area contributed by atoms with Crippen molar-refractivity contribution in [3.05, 3.63) is 54.0 Å². The van der Waals surface area contributed by atoms with Crippen molar-refractivity contribution in [2.24, 2.45) is 0 Å². The van der Waals surface area contributed by atoms with Crippen molar-refractivity contribution in [3.63, 3.8) is 0 Å². The second kappa shape index (κ2) is 8.78. The number of hydrogen-bond donors (Lipinski definition) is 0. The van der Waals surface area contributed by atoms with Gasteiger partial charge in [-0.25, -0.2) is 9.97 Å². The predicted molar refractivity (Wildman–Crippen MR) is 128 cm³/mol. The highest BCUT2D eigenvalue weighted by atomic mass is 16.5. The number of nitrogens with zero attached hydrogens (tertiary/aromatic N) is 5. The molecule has 3 fully saturated rings. The zero-order valence-corrected chi connectivity index (χ0v) is 19.0. The highest BCUT2D eigenvalue weighted by Gasteiger charge is 2.32. The number of amides is 1. The standard InChI is InChI=1S/C26H31N5O2/c32-26(20-6-8-21(9-7-20)29-15-17-33-18-16-29)30-13-10-22(11-14-30)31-24(19-3-1-4-19)28-23-5-2-12-27-25(23)31/h2,5-9,12,19,22H,1,3-4,10-11,13-18H2. The van der Waals surface area contributed by atoms with Crippen LogP contribution >= 0.6 is 0 Å². The van der Waals surface area contributed by atoms with E-state index in [4.69, 9.17) is 9.72 Å². The second-order valence-electron chi connectivity index (χ2n) is 9.48. The quantitative estimate of drug-likeness (QED) is 0.607. The van der Waals surface area contributed by atoms with Crippen LogP contribution in [0.3, 0.4) is 0 Å². The number of pyridine rings is 1. The first-order valence-corrected chi connectivity index (χ1v) is 12.3. The molecule has 3 aromatic rings. The minimum absolute atomic E-state index is 0.134. The number of aromatic nitrogens is 3. The van der Waals surface area contributed by atoms with Crippen LogP contribution in [0.4, 0.5) is 5.69 Å². The lowest BCUT2D eigenvalue weighted by molar-refractivity contribution is 0.0694. The SMILES string of the molecule is O=C(c1ccc(N2CCOCC2)cc1)N1CCC(n2c(C3CCC3)nc3cccnc32)CC1.